The highest BCUT2D eigenvalue weighted by molar-refractivity contribution is 5.01. The highest BCUT2D eigenvalue weighted by atomic mass is 15.2. The molecule has 1 fully saturated rings. The first-order valence-corrected chi connectivity index (χ1v) is 9.86. The summed E-state index contributed by atoms with van der Waals surface area (Å²) in [4.78, 5) is 2.82. The molecule has 22 heavy (non-hydrogen) atoms. The normalized spacial score (nSPS) is 21.0. The summed E-state index contributed by atoms with van der Waals surface area (Å²) >= 11 is 0. The van der Waals surface area contributed by atoms with Gasteiger partial charge in [0.15, 0.2) is 0 Å². The van der Waals surface area contributed by atoms with Gasteiger partial charge in [0, 0.05) is 11.6 Å². The molecule has 0 aromatic rings. The Hall–Kier alpha value is -0.120. The molecule has 0 aromatic heterocycles. The second kappa shape index (κ2) is 10.6. The maximum Gasteiger partial charge on any atom is 0.0252 e. The molecule has 0 amide bonds. The van der Waals surface area contributed by atoms with E-state index in [0.717, 1.165) is 19.4 Å². The van der Waals surface area contributed by atoms with E-state index in [2.05, 4.69) is 25.7 Å². The van der Waals surface area contributed by atoms with E-state index in [1.807, 2.05) is 0 Å². The van der Waals surface area contributed by atoms with Gasteiger partial charge in [0.2, 0.25) is 0 Å². The van der Waals surface area contributed by atoms with Crippen LogP contribution >= 0.6 is 0 Å². The summed E-state index contributed by atoms with van der Waals surface area (Å²) in [6, 6.07) is 0.308. The summed E-state index contributed by atoms with van der Waals surface area (Å²) in [7, 11) is 0. The van der Waals surface area contributed by atoms with Crippen LogP contribution in [-0.2, 0) is 0 Å². The van der Waals surface area contributed by atoms with E-state index in [1.165, 1.54) is 64.5 Å². The summed E-state index contributed by atoms with van der Waals surface area (Å²) in [5, 5.41) is 0. The monoisotopic (exact) mass is 311 g/mol. The minimum atomic E-state index is 0.308. The van der Waals surface area contributed by atoms with Crippen molar-refractivity contribution in [3.8, 4) is 0 Å². The Bertz CT molecular complexity index is 268. The van der Waals surface area contributed by atoms with Crippen molar-refractivity contribution in [2.75, 3.05) is 19.6 Å². The fraction of sp³-hybridized carbons (Fsp3) is 1.00. The molecule has 0 saturated heterocycles. The molecular weight excluding hydrogens is 270 g/mol. The molecule has 3 heteroatoms. The lowest BCUT2D eigenvalue weighted by Gasteiger charge is -2.53. The average molecular weight is 312 g/mol. The lowest BCUT2D eigenvalue weighted by Crippen LogP contribution is -2.59. The van der Waals surface area contributed by atoms with Crippen molar-refractivity contribution in [3.63, 3.8) is 0 Å². The Balaban J connectivity index is 2.99. The predicted octanol–water partition coefficient (Wildman–Crippen LogP) is 3.90. The van der Waals surface area contributed by atoms with E-state index < -0.39 is 0 Å². The Kier molecular flexibility index (Phi) is 9.62. The molecule has 0 bridgehead atoms. The van der Waals surface area contributed by atoms with Crippen molar-refractivity contribution in [3.05, 3.63) is 0 Å². The van der Waals surface area contributed by atoms with Crippen LogP contribution in [0.4, 0.5) is 0 Å². The van der Waals surface area contributed by atoms with Crippen LogP contribution in [0.3, 0.4) is 0 Å². The summed E-state index contributed by atoms with van der Waals surface area (Å²) < 4.78 is 0. The van der Waals surface area contributed by atoms with E-state index in [4.69, 9.17) is 11.5 Å². The number of nitrogens with zero attached hydrogens (tertiary/aromatic N) is 1. The molecule has 1 aliphatic rings. The second-order valence-electron chi connectivity index (χ2n) is 7.26. The summed E-state index contributed by atoms with van der Waals surface area (Å²) in [6.07, 6.45) is 12.7. The Morgan fingerprint density at radius 2 is 1.59 bits per heavy atom. The topological polar surface area (TPSA) is 55.3 Å². The molecule has 1 rings (SSSR count). The van der Waals surface area contributed by atoms with Crippen LogP contribution in [0, 0.1) is 5.92 Å². The van der Waals surface area contributed by atoms with Gasteiger partial charge < -0.3 is 11.5 Å². The SMILES string of the molecule is CCCN(CCC)C1(C(CC)C(N)CCCN)CCCCC1. The fourth-order valence-corrected chi connectivity index (χ4v) is 4.82. The Morgan fingerprint density at radius 3 is 2.05 bits per heavy atom. The van der Waals surface area contributed by atoms with Crippen molar-refractivity contribution >= 4 is 0 Å². The zero-order chi connectivity index (χ0) is 16.4. The van der Waals surface area contributed by atoms with Gasteiger partial charge in [-0.25, -0.2) is 0 Å². The van der Waals surface area contributed by atoms with Gasteiger partial charge in [-0.2, -0.15) is 0 Å². The van der Waals surface area contributed by atoms with Crippen LogP contribution < -0.4 is 11.5 Å². The van der Waals surface area contributed by atoms with Gasteiger partial charge in [0.05, 0.1) is 0 Å². The van der Waals surface area contributed by atoms with Gasteiger partial charge in [-0.15, -0.1) is 0 Å². The molecule has 2 unspecified atom stereocenters. The molecule has 0 aromatic carbocycles. The summed E-state index contributed by atoms with van der Waals surface area (Å²) in [5.41, 5.74) is 12.8. The molecule has 3 nitrogen and oxygen atoms in total. The second-order valence-corrected chi connectivity index (χ2v) is 7.26. The lowest BCUT2D eigenvalue weighted by molar-refractivity contribution is -0.0146. The van der Waals surface area contributed by atoms with Gasteiger partial charge in [0.1, 0.15) is 0 Å². The van der Waals surface area contributed by atoms with Crippen molar-refractivity contribution in [1.82, 2.24) is 4.90 Å². The van der Waals surface area contributed by atoms with E-state index >= 15 is 0 Å². The first-order chi connectivity index (χ1) is 10.7. The van der Waals surface area contributed by atoms with Gasteiger partial charge in [-0.3, -0.25) is 4.90 Å². The summed E-state index contributed by atoms with van der Waals surface area (Å²) in [5.74, 6) is 0.623. The van der Waals surface area contributed by atoms with Gasteiger partial charge >= 0.3 is 0 Å². The molecule has 2 atom stereocenters. The smallest absolute Gasteiger partial charge is 0.0252 e. The number of rotatable bonds is 11. The van der Waals surface area contributed by atoms with Gasteiger partial charge in [0.25, 0.3) is 0 Å². The minimum Gasteiger partial charge on any atom is -0.330 e. The maximum atomic E-state index is 6.68. The lowest BCUT2D eigenvalue weighted by atomic mass is 9.67. The Labute approximate surface area is 139 Å². The molecule has 0 heterocycles. The van der Waals surface area contributed by atoms with Crippen LogP contribution in [0.1, 0.15) is 85.0 Å². The molecule has 4 N–H and O–H groups in total. The molecule has 132 valence electrons. The number of hydrogen-bond acceptors (Lipinski definition) is 3. The predicted molar refractivity (Wildman–Crippen MR) is 98.0 cm³/mol. The van der Waals surface area contributed by atoms with Crippen molar-refractivity contribution in [1.29, 1.82) is 0 Å². The van der Waals surface area contributed by atoms with Crippen LogP contribution in [0.2, 0.25) is 0 Å². The molecule has 1 saturated carbocycles. The number of hydrogen-bond donors (Lipinski definition) is 2. The van der Waals surface area contributed by atoms with Gasteiger partial charge in [-0.1, -0.05) is 46.5 Å². The molecule has 0 aliphatic heterocycles. The third-order valence-electron chi connectivity index (χ3n) is 5.72. The third kappa shape index (κ3) is 4.94. The first-order valence-electron chi connectivity index (χ1n) is 9.86. The first kappa shape index (κ1) is 19.9. The van der Waals surface area contributed by atoms with E-state index in [9.17, 15) is 0 Å². The Morgan fingerprint density at radius 1 is 1.00 bits per heavy atom. The van der Waals surface area contributed by atoms with Crippen LogP contribution in [0.25, 0.3) is 0 Å². The van der Waals surface area contributed by atoms with Crippen molar-refractivity contribution < 1.29 is 0 Å². The number of nitrogens with two attached hydrogens (primary N) is 2. The van der Waals surface area contributed by atoms with Gasteiger partial charge in [-0.05, 0) is 64.1 Å². The summed E-state index contributed by atoms with van der Waals surface area (Å²) in [6.45, 7) is 10.2. The standard InChI is InChI=1S/C19H41N3/c1-4-15-22(16-5-2)19(12-8-7-9-13-19)17(6-3)18(21)11-10-14-20/h17-18H,4-16,20-21H2,1-3H3. The van der Waals surface area contributed by atoms with E-state index in [0.29, 0.717) is 17.5 Å². The molecule has 1 aliphatic carbocycles. The highest BCUT2D eigenvalue weighted by Gasteiger charge is 2.45. The minimum absolute atomic E-state index is 0.308. The van der Waals surface area contributed by atoms with Crippen LogP contribution in [-0.4, -0.2) is 36.1 Å². The zero-order valence-corrected chi connectivity index (χ0v) is 15.4. The van der Waals surface area contributed by atoms with Crippen LogP contribution in [0.15, 0.2) is 0 Å². The van der Waals surface area contributed by atoms with Crippen molar-refractivity contribution in [2.24, 2.45) is 17.4 Å². The largest absolute Gasteiger partial charge is 0.330 e. The third-order valence-corrected chi connectivity index (χ3v) is 5.72. The van der Waals surface area contributed by atoms with E-state index in [1.54, 1.807) is 0 Å². The maximum absolute atomic E-state index is 6.68. The van der Waals surface area contributed by atoms with Crippen molar-refractivity contribution in [2.45, 2.75) is 96.6 Å². The molecule has 0 spiro atoms. The fourth-order valence-electron chi connectivity index (χ4n) is 4.82. The quantitative estimate of drug-likeness (QED) is 0.608. The van der Waals surface area contributed by atoms with Crippen LogP contribution in [0.5, 0.6) is 0 Å². The molecular formula is C19H41N3. The van der Waals surface area contributed by atoms with E-state index in [-0.39, 0.29) is 0 Å². The zero-order valence-electron chi connectivity index (χ0n) is 15.4. The average Bonchev–Trinajstić information content (AvgIpc) is 2.54. The molecule has 0 radical (unpaired) electrons. The highest BCUT2D eigenvalue weighted by Crippen LogP contribution is 2.43.